The summed E-state index contributed by atoms with van der Waals surface area (Å²) in [6.07, 6.45) is 2.26. The number of fused-ring (bicyclic) bond motifs is 3. The molecule has 0 radical (unpaired) electrons. The summed E-state index contributed by atoms with van der Waals surface area (Å²) >= 11 is 0. The molecular formula is C41H46F2N6O6. The second-order valence-electron chi connectivity index (χ2n) is 14.8. The summed E-state index contributed by atoms with van der Waals surface area (Å²) in [7, 11) is 3.13. The molecule has 3 saturated heterocycles. The third-order valence-electron chi connectivity index (χ3n) is 11.4. The number of benzene rings is 3. The van der Waals surface area contributed by atoms with E-state index in [-0.39, 0.29) is 55.7 Å². The van der Waals surface area contributed by atoms with Crippen LogP contribution in [0, 0.1) is 5.82 Å². The van der Waals surface area contributed by atoms with E-state index in [1.807, 2.05) is 41.0 Å². The summed E-state index contributed by atoms with van der Waals surface area (Å²) in [4.78, 5) is 45.7. The van der Waals surface area contributed by atoms with Crippen LogP contribution < -0.4 is 24.0 Å². The van der Waals surface area contributed by atoms with Crippen LogP contribution in [0.3, 0.4) is 0 Å². The third kappa shape index (κ3) is 7.01. The maximum atomic E-state index is 15.3. The van der Waals surface area contributed by atoms with Gasteiger partial charge in [-0.15, -0.1) is 0 Å². The van der Waals surface area contributed by atoms with Crippen molar-refractivity contribution < 1.29 is 37.3 Å². The van der Waals surface area contributed by atoms with Gasteiger partial charge in [-0.05, 0) is 73.0 Å². The minimum absolute atomic E-state index is 0.0119. The third-order valence-corrected chi connectivity index (χ3v) is 11.4. The second kappa shape index (κ2) is 15.2. The smallest absolute Gasteiger partial charge is 0.318 e. The van der Waals surface area contributed by atoms with Crippen LogP contribution in [0.1, 0.15) is 59.8 Å². The molecule has 1 aromatic heterocycles. The molecule has 3 aromatic carbocycles. The monoisotopic (exact) mass is 756 g/mol. The fourth-order valence-corrected chi connectivity index (χ4v) is 8.75. The van der Waals surface area contributed by atoms with Crippen LogP contribution in [0.4, 0.5) is 20.3 Å². The highest BCUT2D eigenvalue weighted by Gasteiger charge is 2.49. The van der Waals surface area contributed by atoms with Gasteiger partial charge in [0.1, 0.15) is 41.5 Å². The molecule has 4 aliphatic heterocycles. The Morgan fingerprint density at radius 3 is 2.56 bits per heavy atom. The van der Waals surface area contributed by atoms with Crippen LogP contribution in [0.2, 0.25) is 0 Å². The number of halogens is 2. The molecule has 290 valence electrons. The zero-order valence-electron chi connectivity index (χ0n) is 31.5. The summed E-state index contributed by atoms with van der Waals surface area (Å²) in [5.41, 5.74) is 2.17. The van der Waals surface area contributed by atoms with Gasteiger partial charge in [0.15, 0.2) is 6.79 Å². The summed E-state index contributed by atoms with van der Waals surface area (Å²) in [5, 5.41) is 1.31. The zero-order valence-corrected chi connectivity index (χ0v) is 31.5. The first kappa shape index (κ1) is 36.9. The number of methoxy groups -OCH3 is 2. The van der Waals surface area contributed by atoms with Gasteiger partial charge in [0.25, 0.3) is 5.91 Å². The number of nitrogens with zero attached hydrogens (tertiary/aromatic N) is 6. The number of aromatic nitrogens is 2. The predicted molar refractivity (Wildman–Crippen MR) is 202 cm³/mol. The molecule has 0 spiro atoms. The van der Waals surface area contributed by atoms with Gasteiger partial charge in [-0.1, -0.05) is 25.1 Å². The molecule has 3 fully saturated rings. The van der Waals surface area contributed by atoms with E-state index in [4.69, 9.17) is 28.9 Å². The zero-order chi connectivity index (χ0) is 38.3. The second-order valence-corrected chi connectivity index (χ2v) is 14.8. The number of ether oxygens (including phenoxy) is 4. The molecule has 0 N–H and O–H groups in total. The molecule has 4 aliphatic rings. The molecule has 0 bridgehead atoms. The maximum absolute atomic E-state index is 15.3. The number of carbonyl (C=O) groups excluding carboxylic acids is 2. The van der Waals surface area contributed by atoms with Gasteiger partial charge in [-0.25, -0.2) is 8.78 Å². The first-order chi connectivity index (χ1) is 26.7. The standard InChI is InChI=1S/C41H46F2N6O6/c1-4-31-32(43)12-9-27-17-30(55-25-52-2)18-34(36(27)31)49-22-33-37(39(49)51)38(45-40(44-33)54-24-41-13-5-16-48(41)21-28(42)19-41)47-15-6-14-46(35(50)23-47)20-26-7-10-29(53-3)11-8-26/h7-12,17-18,28H,4-6,13-16,19-25H2,1-3H3/t28-,41+/m1/s1. The van der Waals surface area contributed by atoms with Crippen LogP contribution in [0.5, 0.6) is 17.5 Å². The number of rotatable bonds is 12. The van der Waals surface area contributed by atoms with E-state index in [9.17, 15) is 14.0 Å². The summed E-state index contributed by atoms with van der Waals surface area (Å²) in [6, 6.07) is 14.3. The van der Waals surface area contributed by atoms with E-state index in [0.29, 0.717) is 84.7 Å². The van der Waals surface area contributed by atoms with Crippen molar-refractivity contribution >= 4 is 34.1 Å². The molecule has 2 atom stereocenters. The highest BCUT2D eigenvalue weighted by molar-refractivity contribution is 6.16. The Bertz CT molecular complexity index is 2100. The van der Waals surface area contributed by atoms with E-state index >= 15 is 4.39 Å². The van der Waals surface area contributed by atoms with Gasteiger partial charge in [0, 0.05) is 51.2 Å². The quantitative estimate of drug-likeness (QED) is 0.168. The number of amides is 2. The fraction of sp³-hybridized carbons (Fsp3) is 0.463. The molecule has 12 nitrogen and oxygen atoms in total. The van der Waals surface area contributed by atoms with Crippen molar-refractivity contribution in [1.29, 1.82) is 0 Å². The molecule has 0 unspecified atom stereocenters. The molecule has 8 rings (SSSR count). The van der Waals surface area contributed by atoms with Gasteiger partial charge in [-0.2, -0.15) is 9.97 Å². The van der Waals surface area contributed by atoms with Crippen molar-refractivity contribution in [3.63, 3.8) is 0 Å². The van der Waals surface area contributed by atoms with E-state index < -0.39 is 11.7 Å². The first-order valence-electron chi connectivity index (χ1n) is 19.0. The topological polar surface area (TPSA) is 110 Å². The Kier molecular flexibility index (Phi) is 10.2. The van der Waals surface area contributed by atoms with E-state index in [0.717, 1.165) is 30.7 Å². The average molecular weight is 757 g/mol. The Hall–Kier alpha value is -5.08. The highest BCUT2D eigenvalue weighted by Crippen LogP contribution is 2.43. The van der Waals surface area contributed by atoms with E-state index in [1.54, 1.807) is 30.2 Å². The average Bonchev–Trinajstić information content (AvgIpc) is 3.79. The fourth-order valence-electron chi connectivity index (χ4n) is 8.75. The van der Waals surface area contributed by atoms with Crippen molar-refractivity contribution in [3.8, 4) is 17.5 Å². The molecule has 55 heavy (non-hydrogen) atoms. The van der Waals surface area contributed by atoms with E-state index in [1.165, 1.54) is 13.2 Å². The van der Waals surface area contributed by atoms with Gasteiger partial charge >= 0.3 is 6.01 Å². The van der Waals surface area contributed by atoms with Gasteiger partial charge in [-0.3, -0.25) is 14.5 Å². The van der Waals surface area contributed by atoms with Crippen LogP contribution in [0.25, 0.3) is 10.8 Å². The SMILES string of the molecule is CCc1c(F)ccc2cc(OCOC)cc(N3Cc4nc(OC[C@@]56CCCN5C[C@H](F)C6)nc(N5CCCN(Cc6ccc(OC)cc6)C(=O)C5)c4C3=O)c12. The molecule has 14 heteroatoms. The lowest BCUT2D eigenvalue weighted by atomic mass is 9.95. The lowest BCUT2D eigenvalue weighted by Crippen LogP contribution is -2.43. The number of anilines is 2. The predicted octanol–water partition coefficient (Wildman–Crippen LogP) is 5.68. The van der Waals surface area contributed by atoms with Crippen LogP contribution in [0.15, 0.2) is 48.5 Å². The molecule has 2 amide bonds. The van der Waals surface area contributed by atoms with Crippen molar-refractivity contribution in [3.05, 3.63) is 76.7 Å². The van der Waals surface area contributed by atoms with Gasteiger partial charge < -0.3 is 33.6 Å². The summed E-state index contributed by atoms with van der Waals surface area (Å²) in [6.45, 7) is 4.71. The van der Waals surface area contributed by atoms with Gasteiger partial charge in [0.2, 0.25) is 5.91 Å². The lowest BCUT2D eigenvalue weighted by Gasteiger charge is -2.31. The molecule has 0 aliphatic carbocycles. The van der Waals surface area contributed by atoms with Crippen molar-refractivity contribution in [2.75, 3.05) is 70.1 Å². The highest BCUT2D eigenvalue weighted by atomic mass is 19.1. The summed E-state index contributed by atoms with van der Waals surface area (Å²) < 4.78 is 52.7. The largest absolute Gasteiger partial charge is 0.497 e. The molecule has 4 aromatic rings. The van der Waals surface area contributed by atoms with Gasteiger partial charge in [0.05, 0.1) is 37.1 Å². The maximum Gasteiger partial charge on any atom is 0.318 e. The molecule has 5 heterocycles. The minimum atomic E-state index is -0.924. The normalized spacial score (nSPS) is 21.3. The number of hydrogen-bond donors (Lipinski definition) is 0. The summed E-state index contributed by atoms with van der Waals surface area (Å²) in [5.74, 6) is 0.643. The molecule has 0 saturated carbocycles. The van der Waals surface area contributed by atoms with Crippen LogP contribution >= 0.6 is 0 Å². The Labute approximate surface area is 318 Å². The molecular weight excluding hydrogens is 710 g/mol. The number of carbonyl (C=O) groups is 2. The minimum Gasteiger partial charge on any atom is -0.497 e. The first-order valence-corrected chi connectivity index (χ1v) is 19.0. The lowest BCUT2D eigenvalue weighted by molar-refractivity contribution is -0.129. The van der Waals surface area contributed by atoms with Crippen LogP contribution in [-0.2, 0) is 29.0 Å². The number of hydrogen-bond acceptors (Lipinski definition) is 10. The van der Waals surface area contributed by atoms with E-state index in [2.05, 4.69) is 4.90 Å². The van der Waals surface area contributed by atoms with Crippen molar-refractivity contribution in [1.82, 2.24) is 19.8 Å². The van der Waals surface area contributed by atoms with Crippen molar-refractivity contribution in [2.45, 2.75) is 63.8 Å². The number of aryl methyl sites for hydroxylation is 1. The van der Waals surface area contributed by atoms with Crippen LogP contribution in [-0.4, -0.2) is 104 Å². The van der Waals surface area contributed by atoms with Crippen molar-refractivity contribution in [2.24, 2.45) is 0 Å². The Morgan fingerprint density at radius 2 is 1.78 bits per heavy atom. The Balaban J connectivity index is 1.16. The number of alkyl halides is 1. The Morgan fingerprint density at radius 1 is 0.945 bits per heavy atom.